The predicted octanol–water partition coefficient (Wildman–Crippen LogP) is 7.47. The van der Waals surface area contributed by atoms with Gasteiger partial charge in [0.05, 0.1) is 5.60 Å². The molecule has 0 heterocycles. The molecule has 2 N–H and O–H groups in total. The minimum atomic E-state index is -2.27. The summed E-state index contributed by atoms with van der Waals surface area (Å²) in [5.74, 6) is -10.4. The number of hydrogen-bond acceptors (Lipinski definition) is 2. The van der Waals surface area contributed by atoms with Crippen LogP contribution in [0.25, 0.3) is 0 Å². The van der Waals surface area contributed by atoms with Crippen molar-refractivity contribution in [1.82, 2.24) is 5.32 Å². The van der Waals surface area contributed by atoms with Crippen molar-refractivity contribution in [3.8, 4) is 0 Å². The zero-order valence-electron chi connectivity index (χ0n) is 20.1. The average Bonchev–Trinajstić information content (AvgIpc) is 2.77. The Kier molecular flexibility index (Phi) is 12.7. The van der Waals surface area contributed by atoms with Crippen LogP contribution in [0.4, 0.5) is 32.4 Å². The van der Waals surface area contributed by atoms with Crippen molar-refractivity contribution < 1.29 is 31.5 Å². The molecule has 4 nitrogen and oxygen atoms in total. The number of rotatable bonds is 15. The Balaban J connectivity index is 2.57. The van der Waals surface area contributed by atoms with Crippen LogP contribution in [0.3, 0.4) is 0 Å². The lowest BCUT2D eigenvalue weighted by Crippen LogP contribution is -2.36. The van der Waals surface area contributed by atoms with Gasteiger partial charge in [-0.15, -0.1) is 0 Å². The van der Waals surface area contributed by atoms with Crippen molar-refractivity contribution in [1.29, 1.82) is 0 Å². The monoisotopic (exact) mass is 480 g/mol. The van der Waals surface area contributed by atoms with Crippen molar-refractivity contribution in [2.45, 2.75) is 91.1 Å². The van der Waals surface area contributed by atoms with Gasteiger partial charge in [-0.3, -0.25) is 0 Å². The topological polar surface area (TPSA) is 50.4 Å². The molecule has 0 spiro atoms. The summed E-state index contributed by atoms with van der Waals surface area (Å²) in [7, 11) is 0. The normalized spacial score (nSPS) is 12.6. The first-order chi connectivity index (χ1) is 15.6. The molecule has 1 unspecified atom stereocenters. The molecule has 1 aromatic rings. The smallest absolute Gasteiger partial charge is 0.319 e. The number of amides is 2. The zero-order valence-corrected chi connectivity index (χ0v) is 20.1. The van der Waals surface area contributed by atoms with Crippen LogP contribution >= 0.6 is 0 Å². The van der Waals surface area contributed by atoms with Crippen LogP contribution in [-0.4, -0.2) is 24.8 Å². The maximum Gasteiger partial charge on any atom is 0.319 e. The molecule has 0 fully saturated rings. The van der Waals surface area contributed by atoms with Crippen LogP contribution in [-0.2, 0) is 4.74 Å². The van der Waals surface area contributed by atoms with E-state index >= 15 is 0 Å². The van der Waals surface area contributed by atoms with Gasteiger partial charge in [-0.05, 0) is 46.0 Å². The second-order valence-electron chi connectivity index (χ2n) is 8.76. The molecule has 0 aromatic heterocycles. The predicted molar refractivity (Wildman–Crippen MR) is 120 cm³/mol. The molecule has 0 aliphatic heterocycles. The van der Waals surface area contributed by atoms with E-state index in [0.717, 1.165) is 25.7 Å². The Morgan fingerprint density at radius 2 is 1.33 bits per heavy atom. The number of benzene rings is 1. The number of hydrogen-bond donors (Lipinski definition) is 2. The Morgan fingerprint density at radius 1 is 0.818 bits per heavy atom. The largest absolute Gasteiger partial charge is 0.376 e. The Morgan fingerprint density at radius 3 is 1.91 bits per heavy atom. The lowest BCUT2D eigenvalue weighted by Gasteiger charge is -2.34. The quantitative estimate of drug-likeness (QED) is 0.118. The van der Waals surface area contributed by atoms with Crippen molar-refractivity contribution >= 4 is 11.7 Å². The first-order valence-corrected chi connectivity index (χ1v) is 11.8. The Hall–Kier alpha value is -1.90. The molecule has 33 heavy (non-hydrogen) atoms. The van der Waals surface area contributed by atoms with Crippen LogP contribution in [0.5, 0.6) is 0 Å². The van der Waals surface area contributed by atoms with E-state index in [-0.39, 0.29) is 18.1 Å². The molecule has 0 saturated heterocycles. The number of nitrogens with one attached hydrogen (secondary N) is 2. The molecule has 9 heteroatoms. The van der Waals surface area contributed by atoms with E-state index in [0.29, 0.717) is 13.0 Å². The molecule has 0 radical (unpaired) electrons. The maximum absolute atomic E-state index is 13.7. The molecule has 1 atom stereocenters. The Bertz CT molecular complexity index is 730. The van der Waals surface area contributed by atoms with Gasteiger partial charge in [0.25, 0.3) is 0 Å². The van der Waals surface area contributed by atoms with Crippen molar-refractivity contribution in [3.63, 3.8) is 0 Å². The number of anilines is 1. The summed E-state index contributed by atoms with van der Waals surface area (Å²) >= 11 is 0. The van der Waals surface area contributed by atoms with E-state index in [1.54, 1.807) is 5.32 Å². The first kappa shape index (κ1) is 29.1. The molecule has 0 saturated carbocycles. The molecule has 1 rings (SSSR count). The number of carbonyl (C=O) groups is 1. The van der Waals surface area contributed by atoms with Gasteiger partial charge in [-0.2, -0.15) is 0 Å². The zero-order chi connectivity index (χ0) is 25.0. The van der Waals surface area contributed by atoms with E-state index in [1.807, 2.05) is 20.8 Å². The van der Waals surface area contributed by atoms with Crippen molar-refractivity contribution in [3.05, 3.63) is 29.1 Å². The molecule has 0 bridgehead atoms. The highest BCUT2D eigenvalue weighted by Crippen LogP contribution is 2.31. The van der Waals surface area contributed by atoms with Gasteiger partial charge in [-0.1, -0.05) is 45.4 Å². The second kappa shape index (κ2) is 14.4. The number of ether oxygens (including phenoxy) is 1. The highest BCUT2D eigenvalue weighted by Gasteiger charge is 2.29. The number of urea groups is 1. The molecule has 0 aliphatic carbocycles. The molecule has 1 aromatic carbocycles. The van der Waals surface area contributed by atoms with Gasteiger partial charge in [0.2, 0.25) is 5.82 Å². The van der Waals surface area contributed by atoms with Gasteiger partial charge in [0, 0.05) is 13.2 Å². The molecule has 190 valence electrons. The number of halogens is 5. The highest BCUT2D eigenvalue weighted by molar-refractivity contribution is 5.89. The first-order valence-electron chi connectivity index (χ1n) is 11.8. The standard InChI is InChI=1S/C24H37F5N2O2/c1-5-7-8-9-10-11-13-16(24(3,4)33-6-2)14-12-15-30-23(32)31-22-20(28)18(26)17(25)19(27)21(22)29/h16H,5-15H2,1-4H3,(H2,30,31,32). The van der Waals surface area contributed by atoms with Crippen LogP contribution in [0.2, 0.25) is 0 Å². The average molecular weight is 481 g/mol. The van der Waals surface area contributed by atoms with Crippen LogP contribution in [0, 0.1) is 35.0 Å². The van der Waals surface area contributed by atoms with E-state index in [4.69, 9.17) is 4.74 Å². The number of unbranched alkanes of at least 4 members (excludes halogenated alkanes) is 5. The second-order valence-corrected chi connectivity index (χ2v) is 8.76. The van der Waals surface area contributed by atoms with Gasteiger partial charge >= 0.3 is 6.03 Å². The minimum Gasteiger partial charge on any atom is -0.376 e. The fraction of sp³-hybridized carbons (Fsp3) is 0.708. The summed E-state index contributed by atoms with van der Waals surface area (Å²) in [6, 6.07) is -1.05. The van der Waals surface area contributed by atoms with E-state index < -0.39 is 40.8 Å². The third kappa shape index (κ3) is 9.10. The van der Waals surface area contributed by atoms with E-state index in [1.165, 1.54) is 25.7 Å². The third-order valence-electron chi connectivity index (χ3n) is 5.87. The summed E-state index contributed by atoms with van der Waals surface area (Å²) in [6.07, 6.45) is 9.42. The summed E-state index contributed by atoms with van der Waals surface area (Å²) in [6.45, 7) is 8.97. The van der Waals surface area contributed by atoms with Crippen LogP contribution < -0.4 is 10.6 Å². The fourth-order valence-corrected chi connectivity index (χ4v) is 3.92. The third-order valence-corrected chi connectivity index (χ3v) is 5.87. The van der Waals surface area contributed by atoms with Crippen molar-refractivity contribution in [2.24, 2.45) is 5.92 Å². The molecular weight excluding hydrogens is 443 g/mol. The maximum atomic E-state index is 13.7. The van der Waals surface area contributed by atoms with E-state index in [2.05, 4.69) is 12.2 Å². The SMILES string of the molecule is CCCCCCCCC(CCCNC(=O)Nc1c(F)c(F)c(F)c(F)c1F)C(C)(C)OCC. The minimum absolute atomic E-state index is 0.177. The van der Waals surface area contributed by atoms with Gasteiger partial charge in [0.1, 0.15) is 5.69 Å². The summed E-state index contributed by atoms with van der Waals surface area (Å²) in [4.78, 5) is 11.9. The highest BCUT2D eigenvalue weighted by atomic mass is 19.2. The van der Waals surface area contributed by atoms with Gasteiger partial charge in [-0.25, -0.2) is 26.7 Å². The molecular formula is C24H37F5N2O2. The fourth-order valence-electron chi connectivity index (χ4n) is 3.92. The molecule has 0 aliphatic rings. The summed E-state index contributed by atoms with van der Waals surface area (Å²) in [5, 5.41) is 4.12. The Labute approximate surface area is 193 Å². The van der Waals surface area contributed by atoms with E-state index in [9.17, 15) is 26.7 Å². The van der Waals surface area contributed by atoms with Crippen LogP contribution in [0.15, 0.2) is 0 Å². The summed E-state index contributed by atoms with van der Waals surface area (Å²) < 4.78 is 73.0. The molecule has 2 amide bonds. The summed E-state index contributed by atoms with van der Waals surface area (Å²) in [5.41, 5.74) is -1.71. The lowest BCUT2D eigenvalue weighted by molar-refractivity contribution is -0.0603. The lowest BCUT2D eigenvalue weighted by atomic mass is 9.82. The van der Waals surface area contributed by atoms with Crippen LogP contribution in [0.1, 0.15) is 85.5 Å². The number of carbonyl (C=O) groups excluding carboxylic acids is 1. The van der Waals surface area contributed by atoms with Gasteiger partial charge < -0.3 is 15.4 Å². The van der Waals surface area contributed by atoms with Gasteiger partial charge in [0.15, 0.2) is 23.3 Å². The van der Waals surface area contributed by atoms with Crippen molar-refractivity contribution in [2.75, 3.05) is 18.5 Å².